The molecule has 1 heterocycles. The predicted octanol–water partition coefficient (Wildman–Crippen LogP) is 3.28. The number of nitrogens with one attached hydrogen (secondary N) is 1. The van der Waals surface area contributed by atoms with Crippen LogP contribution < -0.4 is 14.8 Å². The summed E-state index contributed by atoms with van der Waals surface area (Å²) in [4.78, 5) is 23.8. The Morgan fingerprint density at radius 1 is 0.958 bits per heavy atom. The molecule has 0 atom stereocenters. The smallest absolute Gasteiger partial charge is 0.251 e. The predicted molar refractivity (Wildman–Crippen MR) is 89.5 cm³/mol. The summed E-state index contributed by atoms with van der Waals surface area (Å²) in [5.74, 6) is 1.16. The summed E-state index contributed by atoms with van der Waals surface area (Å²) in [6.07, 6.45) is 0. The molecule has 0 unspecified atom stereocenters. The van der Waals surface area contributed by atoms with Crippen LogP contribution in [0.3, 0.4) is 0 Å². The Morgan fingerprint density at radius 2 is 1.58 bits per heavy atom. The van der Waals surface area contributed by atoms with E-state index >= 15 is 0 Å². The van der Waals surface area contributed by atoms with E-state index in [9.17, 15) is 9.59 Å². The number of rotatable bonds is 4. The van der Waals surface area contributed by atoms with Crippen molar-refractivity contribution in [3.63, 3.8) is 0 Å². The maximum absolute atomic E-state index is 12.5. The van der Waals surface area contributed by atoms with E-state index in [0.29, 0.717) is 22.6 Å². The number of benzene rings is 2. The molecule has 24 heavy (non-hydrogen) atoms. The van der Waals surface area contributed by atoms with Crippen LogP contribution in [-0.2, 0) is 5.54 Å². The zero-order chi connectivity index (χ0) is 17.3. The minimum Gasteiger partial charge on any atom is -0.454 e. The van der Waals surface area contributed by atoms with E-state index in [1.54, 1.807) is 24.3 Å². The van der Waals surface area contributed by atoms with Gasteiger partial charge in [0.05, 0.1) is 5.54 Å². The van der Waals surface area contributed by atoms with Crippen molar-refractivity contribution in [3.8, 4) is 11.5 Å². The van der Waals surface area contributed by atoms with Crippen LogP contribution in [-0.4, -0.2) is 18.5 Å². The first-order chi connectivity index (χ1) is 11.4. The molecular weight excluding hydrogens is 306 g/mol. The molecule has 0 spiro atoms. The third-order valence-corrected chi connectivity index (χ3v) is 4.07. The zero-order valence-electron chi connectivity index (χ0n) is 13.9. The highest BCUT2D eigenvalue weighted by Crippen LogP contribution is 2.35. The molecular formula is C19H19NO4. The summed E-state index contributed by atoms with van der Waals surface area (Å²) in [6.45, 7) is 5.56. The van der Waals surface area contributed by atoms with Gasteiger partial charge < -0.3 is 14.8 Å². The van der Waals surface area contributed by atoms with E-state index in [1.807, 2.05) is 32.0 Å². The highest BCUT2D eigenvalue weighted by atomic mass is 16.7. The summed E-state index contributed by atoms with van der Waals surface area (Å²) >= 11 is 0. The van der Waals surface area contributed by atoms with Gasteiger partial charge in [0.1, 0.15) is 0 Å². The van der Waals surface area contributed by atoms with Gasteiger partial charge in [-0.3, -0.25) is 9.59 Å². The summed E-state index contributed by atoms with van der Waals surface area (Å²) in [5, 5.41) is 3.01. The molecule has 1 N–H and O–H groups in total. The highest BCUT2D eigenvalue weighted by Gasteiger charge is 2.26. The van der Waals surface area contributed by atoms with E-state index in [1.165, 1.54) is 6.92 Å². The molecule has 0 radical (unpaired) electrons. The fourth-order valence-electron chi connectivity index (χ4n) is 2.57. The Bertz CT molecular complexity index is 794. The lowest BCUT2D eigenvalue weighted by atomic mass is 9.93. The van der Waals surface area contributed by atoms with Crippen LogP contribution in [0.2, 0.25) is 0 Å². The number of ether oxygens (including phenoxy) is 2. The van der Waals surface area contributed by atoms with Crippen LogP contribution >= 0.6 is 0 Å². The van der Waals surface area contributed by atoms with Crippen LogP contribution in [0.4, 0.5) is 0 Å². The van der Waals surface area contributed by atoms with Crippen LogP contribution in [0, 0.1) is 0 Å². The number of hydrogen-bond acceptors (Lipinski definition) is 4. The molecule has 1 aliphatic heterocycles. The molecule has 3 rings (SSSR count). The second kappa shape index (κ2) is 6.00. The van der Waals surface area contributed by atoms with Gasteiger partial charge in [-0.2, -0.15) is 0 Å². The lowest BCUT2D eigenvalue weighted by Crippen LogP contribution is -2.41. The molecule has 2 aromatic carbocycles. The van der Waals surface area contributed by atoms with Crippen molar-refractivity contribution in [2.24, 2.45) is 0 Å². The van der Waals surface area contributed by atoms with Crippen LogP contribution in [0.15, 0.2) is 42.5 Å². The molecule has 1 amide bonds. The number of Topliss-reactive ketones (excluding diaryl/α,β-unsaturated/α-hetero) is 1. The maximum atomic E-state index is 12.5. The molecule has 2 aromatic rings. The molecule has 5 nitrogen and oxygen atoms in total. The minimum atomic E-state index is -0.586. The van der Waals surface area contributed by atoms with Gasteiger partial charge in [0.15, 0.2) is 17.3 Å². The van der Waals surface area contributed by atoms with Crippen molar-refractivity contribution in [1.29, 1.82) is 0 Å². The molecule has 0 aliphatic carbocycles. The summed E-state index contributed by atoms with van der Waals surface area (Å²) in [6, 6.07) is 12.3. The molecule has 0 saturated heterocycles. The molecule has 1 aliphatic rings. The standard InChI is InChI=1S/C19H19NO4/c1-12(21)13-4-6-14(7-5-13)18(22)20-19(2,3)15-8-9-16-17(10-15)24-11-23-16/h4-10H,11H2,1-3H3,(H,20,22). The van der Waals surface area contributed by atoms with Crippen LogP contribution in [0.5, 0.6) is 11.5 Å². The first kappa shape index (κ1) is 16.1. The number of hydrogen-bond donors (Lipinski definition) is 1. The molecule has 0 fully saturated rings. The second-order valence-electron chi connectivity index (χ2n) is 6.28. The van der Waals surface area contributed by atoms with E-state index in [0.717, 1.165) is 5.56 Å². The monoisotopic (exact) mass is 325 g/mol. The van der Waals surface area contributed by atoms with Crippen LogP contribution in [0.1, 0.15) is 47.1 Å². The van der Waals surface area contributed by atoms with Gasteiger partial charge in [-0.15, -0.1) is 0 Å². The van der Waals surface area contributed by atoms with Gasteiger partial charge in [-0.25, -0.2) is 0 Å². The summed E-state index contributed by atoms with van der Waals surface area (Å²) < 4.78 is 10.7. The van der Waals surface area contributed by atoms with Gasteiger partial charge in [-0.05, 0) is 50.6 Å². The number of ketones is 1. The average molecular weight is 325 g/mol. The quantitative estimate of drug-likeness (QED) is 0.876. The average Bonchev–Trinajstić information content (AvgIpc) is 3.02. The Kier molecular flexibility index (Phi) is 4.01. The Hall–Kier alpha value is -2.82. The highest BCUT2D eigenvalue weighted by molar-refractivity contribution is 5.98. The first-order valence-corrected chi connectivity index (χ1v) is 7.70. The van der Waals surface area contributed by atoms with Crippen LogP contribution in [0.25, 0.3) is 0 Å². The second-order valence-corrected chi connectivity index (χ2v) is 6.28. The molecule has 0 bridgehead atoms. The molecule has 0 aromatic heterocycles. The fraction of sp³-hybridized carbons (Fsp3) is 0.263. The van der Waals surface area contributed by atoms with Crippen molar-refractivity contribution in [2.75, 3.05) is 6.79 Å². The molecule has 124 valence electrons. The maximum Gasteiger partial charge on any atom is 0.251 e. The van der Waals surface area contributed by atoms with E-state index in [2.05, 4.69) is 5.32 Å². The van der Waals surface area contributed by atoms with Crippen molar-refractivity contribution in [2.45, 2.75) is 26.3 Å². The van der Waals surface area contributed by atoms with E-state index in [-0.39, 0.29) is 18.5 Å². The third kappa shape index (κ3) is 3.11. The Morgan fingerprint density at radius 3 is 2.25 bits per heavy atom. The van der Waals surface area contributed by atoms with Gasteiger partial charge in [-0.1, -0.05) is 18.2 Å². The Labute approximate surface area is 140 Å². The third-order valence-electron chi connectivity index (χ3n) is 4.07. The lowest BCUT2D eigenvalue weighted by Gasteiger charge is -2.27. The van der Waals surface area contributed by atoms with Gasteiger partial charge in [0.25, 0.3) is 5.91 Å². The summed E-state index contributed by atoms with van der Waals surface area (Å²) in [7, 11) is 0. The van der Waals surface area contributed by atoms with Crippen molar-refractivity contribution >= 4 is 11.7 Å². The van der Waals surface area contributed by atoms with Gasteiger partial charge in [0.2, 0.25) is 6.79 Å². The van der Waals surface area contributed by atoms with Crippen molar-refractivity contribution in [1.82, 2.24) is 5.32 Å². The van der Waals surface area contributed by atoms with E-state index in [4.69, 9.17) is 9.47 Å². The number of carbonyl (C=O) groups excluding carboxylic acids is 2. The molecule has 0 saturated carbocycles. The van der Waals surface area contributed by atoms with E-state index < -0.39 is 5.54 Å². The van der Waals surface area contributed by atoms with Gasteiger partial charge in [0, 0.05) is 11.1 Å². The van der Waals surface area contributed by atoms with Gasteiger partial charge >= 0.3 is 0 Å². The largest absolute Gasteiger partial charge is 0.454 e. The molecule has 5 heteroatoms. The number of carbonyl (C=O) groups is 2. The van der Waals surface area contributed by atoms with Crippen molar-refractivity contribution in [3.05, 3.63) is 59.2 Å². The van der Waals surface area contributed by atoms with Crippen molar-refractivity contribution < 1.29 is 19.1 Å². The first-order valence-electron chi connectivity index (χ1n) is 7.70. The number of amides is 1. The SMILES string of the molecule is CC(=O)c1ccc(C(=O)NC(C)(C)c2ccc3c(c2)OCO3)cc1. The zero-order valence-corrected chi connectivity index (χ0v) is 13.9. The minimum absolute atomic E-state index is 0.0253. The Balaban J connectivity index is 1.78. The topological polar surface area (TPSA) is 64.6 Å². The lowest BCUT2D eigenvalue weighted by molar-refractivity contribution is 0.0910. The normalized spacial score (nSPS) is 12.8. The summed E-state index contributed by atoms with van der Waals surface area (Å²) in [5.41, 5.74) is 1.42. The fourth-order valence-corrected chi connectivity index (χ4v) is 2.57. The number of fused-ring (bicyclic) bond motifs is 1.